The molecule has 3 aromatic rings. The molecule has 0 bridgehead atoms. The molecular formula is C26H26N4O7. The number of carbonyl (C=O) groups excluding carboxylic acids is 2. The van der Waals surface area contributed by atoms with Gasteiger partial charge in [-0.05, 0) is 29.5 Å². The minimum Gasteiger partial charge on any atom is -0.458 e. The number of benzene rings is 1. The van der Waals surface area contributed by atoms with Gasteiger partial charge in [0.05, 0.1) is 35.6 Å². The van der Waals surface area contributed by atoms with E-state index in [4.69, 9.17) is 24.9 Å². The van der Waals surface area contributed by atoms with Gasteiger partial charge < -0.3 is 34.9 Å². The number of nitrogens with one attached hydrogen (secondary N) is 1. The summed E-state index contributed by atoms with van der Waals surface area (Å²) >= 11 is 0. The summed E-state index contributed by atoms with van der Waals surface area (Å²) in [7, 11) is 0. The van der Waals surface area contributed by atoms with Crippen molar-refractivity contribution in [3.8, 4) is 22.9 Å². The summed E-state index contributed by atoms with van der Waals surface area (Å²) < 4.78 is 17.8. The fourth-order valence-corrected chi connectivity index (χ4v) is 5.25. The molecule has 4 N–H and O–H groups in total. The van der Waals surface area contributed by atoms with Crippen LogP contribution in [0.15, 0.2) is 23.0 Å². The van der Waals surface area contributed by atoms with Crippen LogP contribution in [-0.4, -0.2) is 46.4 Å². The van der Waals surface area contributed by atoms with Crippen molar-refractivity contribution >= 4 is 22.8 Å². The predicted octanol–water partition coefficient (Wildman–Crippen LogP) is 0.888. The van der Waals surface area contributed by atoms with E-state index in [0.29, 0.717) is 41.4 Å². The topological polar surface area (TPSA) is 155 Å². The first-order valence-corrected chi connectivity index (χ1v) is 12.0. The predicted molar refractivity (Wildman–Crippen MR) is 131 cm³/mol. The molecule has 2 aromatic heterocycles. The lowest BCUT2D eigenvalue weighted by Gasteiger charge is -2.27. The Morgan fingerprint density at radius 1 is 1.19 bits per heavy atom. The molecule has 37 heavy (non-hydrogen) atoms. The number of aliphatic hydroxyl groups excluding tert-OH is 1. The van der Waals surface area contributed by atoms with Gasteiger partial charge in [0, 0.05) is 29.1 Å². The number of rotatable bonds is 5. The van der Waals surface area contributed by atoms with Crippen LogP contribution in [0.3, 0.4) is 0 Å². The zero-order chi connectivity index (χ0) is 26.1. The highest BCUT2D eigenvalue weighted by Crippen LogP contribution is 2.43. The van der Waals surface area contributed by atoms with Gasteiger partial charge in [0.25, 0.3) is 5.56 Å². The van der Waals surface area contributed by atoms with Crippen LogP contribution in [0, 0.1) is 5.41 Å². The second-order valence-electron chi connectivity index (χ2n) is 10.3. The molecule has 192 valence electrons. The summed E-state index contributed by atoms with van der Waals surface area (Å²) in [6, 6.07) is 5.38. The van der Waals surface area contributed by atoms with Crippen molar-refractivity contribution in [2.75, 3.05) is 19.9 Å². The number of aliphatic hydroxyl groups is 1. The first-order chi connectivity index (χ1) is 17.7. The van der Waals surface area contributed by atoms with E-state index >= 15 is 0 Å². The third-order valence-corrected chi connectivity index (χ3v) is 7.17. The molecule has 1 amide bonds. The van der Waals surface area contributed by atoms with Crippen molar-refractivity contribution in [2.24, 2.45) is 11.1 Å². The van der Waals surface area contributed by atoms with Gasteiger partial charge in [-0.2, -0.15) is 0 Å². The maximum Gasteiger partial charge on any atom is 0.340 e. The van der Waals surface area contributed by atoms with Crippen molar-refractivity contribution < 1.29 is 28.9 Å². The van der Waals surface area contributed by atoms with Crippen LogP contribution in [0.2, 0.25) is 0 Å². The maximum absolute atomic E-state index is 13.4. The maximum atomic E-state index is 13.4. The number of ether oxygens (including phenoxy) is 3. The highest BCUT2D eigenvalue weighted by Gasteiger charge is 2.36. The lowest BCUT2D eigenvalue weighted by molar-refractivity contribution is -0.157. The lowest BCUT2D eigenvalue weighted by atomic mass is 9.82. The third kappa shape index (κ3) is 3.73. The van der Waals surface area contributed by atoms with E-state index in [2.05, 4.69) is 5.32 Å². The second-order valence-corrected chi connectivity index (χ2v) is 10.3. The van der Waals surface area contributed by atoms with E-state index in [9.17, 15) is 19.5 Å². The summed E-state index contributed by atoms with van der Waals surface area (Å²) in [6.45, 7) is 4.61. The van der Waals surface area contributed by atoms with Crippen LogP contribution < -0.4 is 26.1 Å². The fourth-order valence-electron chi connectivity index (χ4n) is 5.25. The van der Waals surface area contributed by atoms with E-state index in [1.54, 1.807) is 10.6 Å². The number of hydrogen-bond acceptors (Lipinski definition) is 9. The van der Waals surface area contributed by atoms with Crippen LogP contribution in [-0.2, 0) is 33.9 Å². The summed E-state index contributed by atoms with van der Waals surface area (Å²) in [5.74, 6) is 0.184. The van der Waals surface area contributed by atoms with Gasteiger partial charge in [-0.1, -0.05) is 13.8 Å². The number of nitrogens with zero attached hydrogens (tertiary/aromatic N) is 2. The highest BCUT2D eigenvalue weighted by molar-refractivity contribution is 5.91. The molecule has 0 radical (unpaired) electrons. The van der Waals surface area contributed by atoms with Crippen molar-refractivity contribution in [1.29, 1.82) is 0 Å². The molecule has 3 aliphatic rings. The van der Waals surface area contributed by atoms with Crippen molar-refractivity contribution in [3.05, 3.63) is 50.8 Å². The van der Waals surface area contributed by atoms with Gasteiger partial charge in [0.15, 0.2) is 17.6 Å². The molecule has 0 saturated heterocycles. The average molecular weight is 507 g/mol. The Balaban J connectivity index is 1.54. The van der Waals surface area contributed by atoms with E-state index in [1.807, 2.05) is 26.0 Å². The van der Waals surface area contributed by atoms with Crippen LogP contribution in [0.1, 0.15) is 42.2 Å². The van der Waals surface area contributed by atoms with E-state index in [0.717, 1.165) is 16.5 Å². The Morgan fingerprint density at radius 2 is 1.95 bits per heavy atom. The van der Waals surface area contributed by atoms with E-state index in [-0.39, 0.29) is 54.5 Å². The molecular weight excluding hydrogens is 480 g/mol. The SMILES string of the molecule is CC(C)(CNC(=O)CN)Cc1c2c(nc3cc4c(cc13)OCO4)-c1cc3c(c(=O)n1C2)COC(=O)[C@H]3O. The first-order valence-electron chi connectivity index (χ1n) is 12.0. The minimum atomic E-state index is -1.52. The molecule has 1 atom stereocenters. The monoisotopic (exact) mass is 506 g/mol. The Labute approximate surface area is 211 Å². The number of cyclic esters (lactones) is 1. The first kappa shape index (κ1) is 23.4. The number of hydrogen-bond donors (Lipinski definition) is 3. The number of fused-ring (bicyclic) bond motifs is 6. The van der Waals surface area contributed by atoms with Crippen LogP contribution in [0.5, 0.6) is 11.5 Å². The van der Waals surface area contributed by atoms with Crippen molar-refractivity contribution in [2.45, 2.75) is 39.5 Å². The molecule has 11 nitrogen and oxygen atoms in total. The number of pyridine rings is 2. The Bertz CT molecular complexity index is 1560. The smallest absolute Gasteiger partial charge is 0.340 e. The van der Waals surface area contributed by atoms with E-state index in [1.165, 1.54) is 0 Å². The van der Waals surface area contributed by atoms with Crippen LogP contribution in [0.25, 0.3) is 22.3 Å². The van der Waals surface area contributed by atoms with Gasteiger partial charge in [0.2, 0.25) is 12.7 Å². The molecule has 5 heterocycles. The Kier molecular flexibility index (Phi) is 5.25. The summed E-state index contributed by atoms with van der Waals surface area (Å²) in [6.07, 6.45) is -0.962. The van der Waals surface area contributed by atoms with Crippen LogP contribution >= 0.6 is 0 Å². The zero-order valence-corrected chi connectivity index (χ0v) is 20.4. The molecule has 11 heteroatoms. The fraction of sp³-hybridized carbons (Fsp3) is 0.385. The number of carbonyl (C=O) groups is 2. The second kappa shape index (κ2) is 8.29. The molecule has 0 unspecified atom stereocenters. The van der Waals surface area contributed by atoms with Crippen molar-refractivity contribution in [1.82, 2.24) is 14.9 Å². The molecule has 0 aliphatic carbocycles. The molecule has 0 saturated carbocycles. The summed E-state index contributed by atoms with van der Waals surface area (Å²) in [5, 5.41) is 14.2. The Hall–Kier alpha value is -3.96. The number of aromatic nitrogens is 2. The third-order valence-electron chi connectivity index (χ3n) is 7.17. The van der Waals surface area contributed by atoms with Crippen molar-refractivity contribution in [3.63, 3.8) is 0 Å². The van der Waals surface area contributed by atoms with Crippen LogP contribution in [0.4, 0.5) is 0 Å². The lowest BCUT2D eigenvalue weighted by Crippen LogP contribution is -2.38. The molecule has 0 spiro atoms. The quantitative estimate of drug-likeness (QED) is 0.335. The summed E-state index contributed by atoms with van der Waals surface area (Å²) in [5.41, 5.74) is 8.93. The average Bonchev–Trinajstić information content (AvgIpc) is 3.48. The molecule has 0 fully saturated rings. The largest absolute Gasteiger partial charge is 0.458 e. The molecule has 6 rings (SSSR count). The molecule has 3 aliphatic heterocycles. The summed E-state index contributed by atoms with van der Waals surface area (Å²) in [4.78, 5) is 42.1. The number of nitrogens with two attached hydrogens (primary N) is 1. The van der Waals surface area contributed by atoms with Gasteiger partial charge >= 0.3 is 5.97 Å². The standard InChI is InChI=1S/C26H26N4O7/c1-26(2,10-28-21(31)7-27)6-14-12-4-19-20(37-11-36-19)5-17(12)29-22-15(14)8-30-18(22)3-13-16(24(30)33)9-35-25(34)23(13)32/h3-5,23,32H,6-11,27H2,1-2H3,(H,28,31)/t23-/m0/s1. The van der Waals surface area contributed by atoms with Gasteiger partial charge in [-0.25, -0.2) is 9.78 Å². The molecule has 1 aromatic carbocycles. The number of esters is 1. The number of amides is 1. The van der Waals surface area contributed by atoms with Gasteiger partial charge in [-0.3, -0.25) is 9.59 Å². The normalized spacial score (nSPS) is 17.3. The highest BCUT2D eigenvalue weighted by atomic mass is 16.7. The van der Waals surface area contributed by atoms with Gasteiger partial charge in [-0.15, -0.1) is 0 Å². The Morgan fingerprint density at radius 3 is 2.70 bits per heavy atom. The van der Waals surface area contributed by atoms with Gasteiger partial charge in [0.1, 0.15) is 6.61 Å². The minimum absolute atomic E-state index is 0.0892. The van der Waals surface area contributed by atoms with E-state index < -0.39 is 12.1 Å². The zero-order valence-electron chi connectivity index (χ0n) is 20.4.